The highest BCUT2D eigenvalue weighted by Gasteiger charge is 2.17. The van der Waals surface area contributed by atoms with Crippen LogP contribution in [0.1, 0.15) is 36.0 Å². The van der Waals surface area contributed by atoms with Gasteiger partial charge in [-0.05, 0) is 31.0 Å². The zero-order valence-corrected chi connectivity index (χ0v) is 16.0. The molecule has 0 unspecified atom stereocenters. The molecule has 2 aromatic rings. The number of carbonyl (C=O) groups excluding carboxylic acids is 1. The fourth-order valence-corrected chi connectivity index (χ4v) is 3.35. The van der Waals surface area contributed by atoms with Crippen molar-refractivity contribution in [1.82, 2.24) is 0 Å². The first-order valence-electron chi connectivity index (χ1n) is 8.55. The number of halogens is 3. The minimum Gasteiger partial charge on any atom is -0.398 e. The SMILES string of the molecule is Nc1ccc(C(=O)Nc2cc(F)c(F)c(F)c2)cc1S(N)(=O)=O.OC1CCCC1. The van der Waals surface area contributed by atoms with Crippen molar-refractivity contribution in [3.63, 3.8) is 0 Å². The Bertz CT molecular complexity index is 986. The molecular formula is C18H20F3N3O4S. The van der Waals surface area contributed by atoms with E-state index < -0.39 is 38.3 Å². The quantitative estimate of drug-likeness (QED) is 0.437. The van der Waals surface area contributed by atoms with Crippen LogP contribution in [0.5, 0.6) is 0 Å². The number of nitrogens with one attached hydrogen (secondary N) is 1. The lowest BCUT2D eigenvalue weighted by molar-refractivity contribution is 0.102. The third-order valence-electron chi connectivity index (χ3n) is 4.15. The summed E-state index contributed by atoms with van der Waals surface area (Å²) in [6.45, 7) is 0. The van der Waals surface area contributed by atoms with E-state index in [1.807, 2.05) is 0 Å². The van der Waals surface area contributed by atoms with Gasteiger partial charge in [-0.2, -0.15) is 0 Å². The summed E-state index contributed by atoms with van der Waals surface area (Å²) < 4.78 is 61.7. The third kappa shape index (κ3) is 6.17. The van der Waals surface area contributed by atoms with E-state index >= 15 is 0 Å². The van der Waals surface area contributed by atoms with Gasteiger partial charge in [0.25, 0.3) is 5.91 Å². The number of carbonyl (C=O) groups is 1. The second-order valence-electron chi connectivity index (χ2n) is 6.44. The highest BCUT2D eigenvalue weighted by molar-refractivity contribution is 7.89. The number of amides is 1. The first kappa shape index (κ1) is 22.7. The minimum atomic E-state index is -4.16. The number of nitrogen functional groups attached to an aromatic ring is 1. The van der Waals surface area contributed by atoms with E-state index in [0.717, 1.165) is 25.0 Å². The number of benzene rings is 2. The van der Waals surface area contributed by atoms with Crippen LogP contribution in [0.15, 0.2) is 35.2 Å². The van der Waals surface area contributed by atoms with Gasteiger partial charge >= 0.3 is 0 Å². The van der Waals surface area contributed by atoms with E-state index in [0.29, 0.717) is 12.1 Å². The summed E-state index contributed by atoms with van der Waals surface area (Å²) in [6, 6.07) is 4.40. The second-order valence-corrected chi connectivity index (χ2v) is 7.97. The maximum Gasteiger partial charge on any atom is 0.255 e. The number of sulfonamides is 1. The molecule has 1 fully saturated rings. The van der Waals surface area contributed by atoms with Crippen LogP contribution in [-0.4, -0.2) is 25.5 Å². The molecule has 2 aromatic carbocycles. The smallest absolute Gasteiger partial charge is 0.255 e. The van der Waals surface area contributed by atoms with Gasteiger partial charge in [-0.15, -0.1) is 0 Å². The largest absolute Gasteiger partial charge is 0.398 e. The van der Waals surface area contributed by atoms with E-state index in [9.17, 15) is 26.4 Å². The first-order chi connectivity index (χ1) is 13.5. The number of hydrogen-bond acceptors (Lipinski definition) is 5. The fraction of sp³-hybridized carbons (Fsp3) is 0.278. The molecule has 0 saturated heterocycles. The van der Waals surface area contributed by atoms with Crippen molar-refractivity contribution >= 4 is 27.3 Å². The van der Waals surface area contributed by atoms with E-state index in [1.54, 1.807) is 0 Å². The summed E-state index contributed by atoms with van der Waals surface area (Å²) in [5.41, 5.74) is 4.77. The summed E-state index contributed by atoms with van der Waals surface area (Å²) >= 11 is 0. The van der Waals surface area contributed by atoms with Crippen LogP contribution in [0, 0.1) is 17.5 Å². The van der Waals surface area contributed by atoms with Gasteiger partial charge in [-0.1, -0.05) is 12.8 Å². The van der Waals surface area contributed by atoms with Crippen molar-refractivity contribution < 1.29 is 31.5 Å². The monoisotopic (exact) mass is 431 g/mol. The Balaban J connectivity index is 0.000000426. The summed E-state index contributed by atoms with van der Waals surface area (Å²) in [5.74, 6) is -5.53. The normalized spacial score (nSPS) is 14.2. The van der Waals surface area contributed by atoms with Crippen LogP contribution in [0.3, 0.4) is 0 Å². The van der Waals surface area contributed by atoms with Gasteiger partial charge in [0.05, 0.1) is 11.8 Å². The Morgan fingerprint density at radius 1 is 1.07 bits per heavy atom. The van der Waals surface area contributed by atoms with Gasteiger partial charge in [0, 0.05) is 23.4 Å². The van der Waals surface area contributed by atoms with Crippen LogP contribution in [-0.2, 0) is 10.0 Å². The Morgan fingerprint density at radius 3 is 2.07 bits per heavy atom. The molecule has 1 aliphatic carbocycles. The second kappa shape index (κ2) is 9.25. The summed E-state index contributed by atoms with van der Waals surface area (Å²) in [5, 5.41) is 15.8. The van der Waals surface area contributed by atoms with Gasteiger partial charge in [0.15, 0.2) is 17.5 Å². The number of hydrogen-bond donors (Lipinski definition) is 4. The first-order valence-corrected chi connectivity index (χ1v) is 10.1. The summed E-state index contributed by atoms with van der Waals surface area (Å²) in [4.78, 5) is 11.5. The lowest BCUT2D eigenvalue weighted by Gasteiger charge is -2.09. The predicted molar refractivity (Wildman–Crippen MR) is 101 cm³/mol. The summed E-state index contributed by atoms with van der Waals surface area (Å²) in [7, 11) is -4.16. The Kier molecular flexibility index (Phi) is 7.22. The van der Waals surface area contributed by atoms with Gasteiger partial charge in [-0.25, -0.2) is 26.7 Å². The van der Waals surface area contributed by atoms with Gasteiger partial charge < -0.3 is 16.2 Å². The number of aliphatic hydroxyl groups excluding tert-OH is 1. The zero-order chi connectivity index (χ0) is 21.8. The highest BCUT2D eigenvalue weighted by atomic mass is 32.2. The predicted octanol–water partition coefficient (Wildman–Crippen LogP) is 2.51. The fourth-order valence-electron chi connectivity index (χ4n) is 2.66. The molecule has 0 aliphatic heterocycles. The average molecular weight is 431 g/mol. The number of rotatable bonds is 3. The van der Waals surface area contributed by atoms with E-state index in [-0.39, 0.29) is 23.0 Å². The highest BCUT2D eigenvalue weighted by Crippen LogP contribution is 2.21. The molecule has 158 valence electrons. The van der Waals surface area contributed by atoms with Gasteiger partial charge in [-0.3, -0.25) is 4.79 Å². The molecule has 11 heteroatoms. The molecule has 0 radical (unpaired) electrons. The van der Waals surface area contributed by atoms with Crippen LogP contribution < -0.4 is 16.2 Å². The van der Waals surface area contributed by atoms with Crippen molar-refractivity contribution in [2.24, 2.45) is 5.14 Å². The van der Waals surface area contributed by atoms with Crippen molar-refractivity contribution in [2.45, 2.75) is 36.7 Å². The molecular weight excluding hydrogens is 411 g/mol. The molecule has 0 atom stereocenters. The molecule has 29 heavy (non-hydrogen) atoms. The van der Waals surface area contributed by atoms with Crippen LogP contribution in [0.4, 0.5) is 24.5 Å². The zero-order valence-electron chi connectivity index (χ0n) is 15.2. The van der Waals surface area contributed by atoms with Crippen LogP contribution in [0.25, 0.3) is 0 Å². The van der Waals surface area contributed by atoms with Gasteiger partial charge in [0.2, 0.25) is 10.0 Å². The maximum atomic E-state index is 13.1. The molecule has 0 aromatic heterocycles. The van der Waals surface area contributed by atoms with Gasteiger partial charge in [0.1, 0.15) is 4.90 Å². The number of primary sulfonamides is 1. The Hall–Kier alpha value is -2.63. The maximum absolute atomic E-state index is 13.1. The van der Waals surface area contributed by atoms with Crippen LogP contribution >= 0.6 is 0 Å². The average Bonchev–Trinajstić information content (AvgIpc) is 3.10. The molecule has 0 spiro atoms. The van der Waals surface area contributed by atoms with E-state index in [1.165, 1.54) is 18.9 Å². The molecule has 0 heterocycles. The number of aliphatic hydroxyl groups is 1. The minimum absolute atomic E-state index is 0.0463. The Morgan fingerprint density at radius 2 is 1.62 bits per heavy atom. The molecule has 6 N–H and O–H groups in total. The number of nitrogens with two attached hydrogens (primary N) is 2. The van der Waals surface area contributed by atoms with E-state index in [2.05, 4.69) is 5.32 Å². The topological polar surface area (TPSA) is 136 Å². The van der Waals surface area contributed by atoms with Crippen molar-refractivity contribution in [3.8, 4) is 0 Å². The molecule has 1 amide bonds. The van der Waals surface area contributed by atoms with Crippen molar-refractivity contribution in [3.05, 3.63) is 53.3 Å². The van der Waals surface area contributed by atoms with Crippen LogP contribution in [0.2, 0.25) is 0 Å². The lowest BCUT2D eigenvalue weighted by atomic mass is 10.2. The third-order valence-corrected chi connectivity index (χ3v) is 5.12. The molecule has 7 nitrogen and oxygen atoms in total. The summed E-state index contributed by atoms with van der Waals surface area (Å²) in [6.07, 6.45) is 4.60. The van der Waals surface area contributed by atoms with E-state index in [4.69, 9.17) is 16.0 Å². The standard InChI is InChI=1S/C13H10F3N3O3S.C5H10O/c14-8-4-7(5-9(15)12(8)16)19-13(20)6-1-2-10(17)11(3-6)23(18,21)22;6-5-3-1-2-4-5/h1-5H,17H2,(H,19,20)(H2,18,21,22);5-6H,1-4H2. The Labute approximate surface area is 165 Å². The molecule has 0 bridgehead atoms. The van der Waals surface area contributed by atoms with Crippen molar-refractivity contribution in [2.75, 3.05) is 11.1 Å². The van der Waals surface area contributed by atoms with Crippen molar-refractivity contribution in [1.29, 1.82) is 0 Å². The molecule has 1 saturated carbocycles. The molecule has 1 aliphatic rings. The number of anilines is 2. The molecule has 3 rings (SSSR count). The lowest BCUT2D eigenvalue weighted by Crippen LogP contribution is -2.17.